The number of rotatable bonds is 20. The topological polar surface area (TPSA) is 66.4 Å². The average molecular weight is 911 g/mol. The molecule has 8 rings (SSSR count). The van der Waals surface area contributed by atoms with Gasteiger partial charge in [-0.25, -0.2) is 9.97 Å². The van der Waals surface area contributed by atoms with Crippen molar-refractivity contribution in [2.24, 2.45) is 23.7 Å². The van der Waals surface area contributed by atoms with Crippen LogP contribution in [0.2, 0.25) is 0 Å². The van der Waals surface area contributed by atoms with Gasteiger partial charge in [0.15, 0.2) is 0 Å². The monoisotopic (exact) mass is 910 g/mol. The van der Waals surface area contributed by atoms with E-state index in [0.29, 0.717) is 59.3 Å². The smallest absolute Gasteiger partial charge is 0.261 e. The maximum Gasteiger partial charge on any atom is 0.261 e. The Morgan fingerprint density at radius 3 is 1.25 bits per heavy atom. The predicted octanol–water partition coefficient (Wildman–Crippen LogP) is 15.0. The number of hydrogen-bond donors (Lipinski definition) is 0. The zero-order valence-corrected chi connectivity index (χ0v) is 40.3. The van der Waals surface area contributed by atoms with Crippen LogP contribution in [0, 0.1) is 23.7 Å². The Kier molecular flexibility index (Phi) is 13.8. The first-order chi connectivity index (χ1) is 29.0. The molecule has 0 bridgehead atoms. The Morgan fingerprint density at radius 1 is 0.483 bits per heavy atom. The standard InChI is InChI=1S/C48H54N4O2S6/c1-29(2)11-7-13-31(5)21-23-51-43(45-49-27-39(59-45)37-19-17-35(57-37)33-15-9-25-55-33)41-42(47(51)53)44(52(48(41)54)24-22-32(6)14-8-12-30(3)4)46-50-28-40(60-46)38-20-18-36(58-38)34-16-10-26-56-34/h9-10,15-20,25-32H,7-8,11-14,21-24H2,1-6H3/t31-,32-/m0/s1. The highest BCUT2D eigenvalue weighted by molar-refractivity contribution is 7.27. The van der Waals surface area contributed by atoms with E-state index in [1.54, 1.807) is 68.0 Å². The van der Waals surface area contributed by atoms with Gasteiger partial charge in [0, 0.05) is 54.7 Å². The molecule has 6 aromatic rings. The van der Waals surface area contributed by atoms with Crippen LogP contribution in [0.3, 0.4) is 0 Å². The summed E-state index contributed by atoms with van der Waals surface area (Å²) in [6, 6.07) is 17.2. The molecule has 0 radical (unpaired) electrons. The van der Waals surface area contributed by atoms with E-state index in [1.807, 2.05) is 22.2 Å². The van der Waals surface area contributed by atoms with E-state index < -0.39 is 0 Å². The van der Waals surface area contributed by atoms with Gasteiger partial charge in [-0.2, -0.15) is 0 Å². The number of thiazole rings is 2. The van der Waals surface area contributed by atoms with E-state index >= 15 is 9.59 Å². The van der Waals surface area contributed by atoms with Crippen LogP contribution in [-0.4, -0.2) is 44.7 Å². The molecule has 2 aliphatic heterocycles. The first-order valence-electron chi connectivity index (χ1n) is 21.4. The normalized spacial score (nSPS) is 15.5. The summed E-state index contributed by atoms with van der Waals surface area (Å²) < 4.78 is 0. The second-order valence-corrected chi connectivity index (χ2v) is 23.3. The molecule has 0 aromatic carbocycles. The average Bonchev–Trinajstić information content (AvgIpc) is 4.07. The molecule has 0 unspecified atom stereocenters. The highest BCUT2D eigenvalue weighted by atomic mass is 32.1. The molecule has 8 heterocycles. The lowest BCUT2D eigenvalue weighted by Gasteiger charge is -2.25. The lowest BCUT2D eigenvalue weighted by molar-refractivity contribution is -0.124. The van der Waals surface area contributed by atoms with Gasteiger partial charge < -0.3 is 9.80 Å². The van der Waals surface area contributed by atoms with Crippen molar-refractivity contribution in [3.05, 3.63) is 92.8 Å². The second-order valence-electron chi connectivity index (χ2n) is 17.1. The Hall–Kier alpha value is -3.52. The minimum Gasteiger partial charge on any atom is -0.305 e. The summed E-state index contributed by atoms with van der Waals surface area (Å²) >= 11 is 10.1. The van der Waals surface area contributed by atoms with Crippen LogP contribution in [0.1, 0.15) is 103 Å². The van der Waals surface area contributed by atoms with Crippen LogP contribution in [0.25, 0.3) is 50.4 Å². The van der Waals surface area contributed by atoms with Crippen molar-refractivity contribution in [3.63, 3.8) is 0 Å². The zero-order valence-electron chi connectivity index (χ0n) is 35.4. The van der Waals surface area contributed by atoms with Gasteiger partial charge in [0.25, 0.3) is 11.8 Å². The summed E-state index contributed by atoms with van der Waals surface area (Å²) in [6.07, 6.45) is 12.6. The van der Waals surface area contributed by atoms with Crippen molar-refractivity contribution in [2.45, 2.75) is 92.9 Å². The van der Waals surface area contributed by atoms with Crippen molar-refractivity contribution < 1.29 is 9.59 Å². The molecule has 60 heavy (non-hydrogen) atoms. The van der Waals surface area contributed by atoms with Gasteiger partial charge in [0.2, 0.25) is 0 Å². The third-order valence-electron chi connectivity index (χ3n) is 11.5. The number of amides is 2. The summed E-state index contributed by atoms with van der Waals surface area (Å²) in [6.45, 7) is 14.8. The molecule has 0 fully saturated rings. The van der Waals surface area contributed by atoms with Gasteiger partial charge in [0.05, 0.1) is 32.3 Å². The van der Waals surface area contributed by atoms with Crippen LogP contribution < -0.4 is 0 Å². The van der Waals surface area contributed by atoms with E-state index in [4.69, 9.17) is 9.97 Å². The molecule has 2 atom stereocenters. The quantitative estimate of drug-likeness (QED) is 0.0765. The molecule has 0 aliphatic carbocycles. The number of carbonyl (C=O) groups excluding carboxylic acids is 2. The summed E-state index contributed by atoms with van der Waals surface area (Å²) in [5, 5.41) is 5.65. The molecule has 0 N–H and O–H groups in total. The highest BCUT2D eigenvalue weighted by Gasteiger charge is 2.50. The third kappa shape index (κ3) is 9.44. The second kappa shape index (κ2) is 19.3. The number of thiophene rings is 4. The largest absolute Gasteiger partial charge is 0.305 e. The van der Waals surface area contributed by atoms with Crippen molar-refractivity contribution >= 4 is 91.2 Å². The Morgan fingerprint density at radius 2 is 0.883 bits per heavy atom. The number of aromatic nitrogens is 2. The van der Waals surface area contributed by atoms with Crippen molar-refractivity contribution in [2.75, 3.05) is 13.1 Å². The van der Waals surface area contributed by atoms with Crippen LogP contribution in [0.5, 0.6) is 0 Å². The van der Waals surface area contributed by atoms with Crippen LogP contribution in [0.4, 0.5) is 0 Å². The molecule has 6 nitrogen and oxygen atoms in total. The molecule has 314 valence electrons. The molecular formula is C48H54N4O2S6. The Bertz CT molecular complexity index is 2290. The van der Waals surface area contributed by atoms with Gasteiger partial charge in [-0.3, -0.25) is 9.59 Å². The number of hydrogen-bond acceptors (Lipinski definition) is 10. The maximum atomic E-state index is 15.1. The van der Waals surface area contributed by atoms with E-state index in [2.05, 4.69) is 101 Å². The fourth-order valence-electron chi connectivity index (χ4n) is 8.04. The van der Waals surface area contributed by atoms with Crippen molar-refractivity contribution in [1.82, 2.24) is 19.8 Å². The summed E-state index contributed by atoms with van der Waals surface area (Å²) in [5.74, 6) is 2.03. The molecular weight excluding hydrogens is 857 g/mol. The molecule has 2 amide bonds. The number of nitrogens with zero attached hydrogens (tertiary/aromatic N) is 4. The minimum absolute atomic E-state index is 0.106. The van der Waals surface area contributed by atoms with E-state index in [9.17, 15) is 0 Å². The number of carbonyl (C=O) groups is 2. The molecule has 12 heteroatoms. The van der Waals surface area contributed by atoms with Gasteiger partial charge in [-0.15, -0.1) is 68.0 Å². The van der Waals surface area contributed by atoms with E-state index in [1.165, 1.54) is 45.2 Å². The van der Waals surface area contributed by atoms with Crippen LogP contribution in [0.15, 0.2) is 82.8 Å². The van der Waals surface area contributed by atoms with E-state index in [0.717, 1.165) is 55.2 Å². The summed E-state index contributed by atoms with van der Waals surface area (Å²) in [7, 11) is 0. The first-order valence-corrected chi connectivity index (χ1v) is 26.4. The fourth-order valence-corrected chi connectivity index (χ4v) is 13.8. The highest BCUT2D eigenvalue weighted by Crippen LogP contribution is 2.50. The first kappa shape index (κ1) is 43.1. The fraction of sp³-hybridized carbons (Fsp3) is 0.417. The molecule has 0 saturated carbocycles. The lowest BCUT2D eigenvalue weighted by atomic mass is 9.97. The van der Waals surface area contributed by atoms with Crippen LogP contribution >= 0.6 is 68.0 Å². The molecule has 0 spiro atoms. The lowest BCUT2D eigenvalue weighted by Crippen LogP contribution is -2.32. The van der Waals surface area contributed by atoms with Gasteiger partial charge in [-0.05, 0) is 83.7 Å². The third-order valence-corrected chi connectivity index (χ3v) is 18.2. The van der Waals surface area contributed by atoms with Gasteiger partial charge in [-0.1, -0.05) is 92.2 Å². The van der Waals surface area contributed by atoms with Crippen LogP contribution in [-0.2, 0) is 9.59 Å². The minimum atomic E-state index is -0.106. The summed E-state index contributed by atoms with van der Waals surface area (Å²) in [4.78, 5) is 53.4. The maximum absolute atomic E-state index is 15.1. The Labute approximate surface area is 379 Å². The van der Waals surface area contributed by atoms with Gasteiger partial charge >= 0.3 is 0 Å². The van der Waals surface area contributed by atoms with Crippen molar-refractivity contribution in [3.8, 4) is 39.0 Å². The number of fused-ring (bicyclic) bond motifs is 1. The Balaban J connectivity index is 1.18. The summed E-state index contributed by atoms with van der Waals surface area (Å²) in [5.41, 5.74) is 2.32. The molecule has 6 aromatic heterocycles. The van der Waals surface area contributed by atoms with Crippen molar-refractivity contribution in [1.29, 1.82) is 0 Å². The zero-order chi connectivity index (χ0) is 41.9. The SMILES string of the molecule is CC(C)CCC[C@H](C)CCN1C(=O)C2=C(c3ncc(-c4ccc(-c5cccs5)s4)s3)N(CC[C@@H](C)CCCC(C)C)C(=O)C2=C1c1ncc(-c2ccc(-c3cccs3)s2)s1. The predicted molar refractivity (Wildman–Crippen MR) is 260 cm³/mol. The molecule has 0 saturated heterocycles. The van der Waals surface area contributed by atoms with Gasteiger partial charge in [0.1, 0.15) is 10.0 Å². The van der Waals surface area contributed by atoms with E-state index in [-0.39, 0.29) is 11.8 Å². The molecule has 2 aliphatic rings.